The Morgan fingerprint density at radius 3 is 2.88 bits per heavy atom. The Bertz CT molecular complexity index is 219. The number of rotatable bonds is 7. The second-order valence-electron chi connectivity index (χ2n) is 3.81. The molecule has 0 aromatic heterocycles. The molecule has 0 amide bonds. The van der Waals surface area contributed by atoms with Crippen molar-refractivity contribution in [2.75, 3.05) is 37.9 Å². The van der Waals surface area contributed by atoms with E-state index in [9.17, 15) is 9.90 Å². The SMILES string of the molecule is O=C(O)C1(NCCOCCO)CCCSC1. The number of aliphatic hydroxyl groups excluding tert-OH is 1. The fraction of sp³-hybridized carbons (Fsp3) is 0.900. The number of hydrogen-bond donors (Lipinski definition) is 3. The zero-order chi connectivity index (χ0) is 11.9. The maximum Gasteiger partial charge on any atom is 0.324 e. The number of aliphatic hydroxyl groups is 1. The molecule has 1 rings (SSSR count). The van der Waals surface area contributed by atoms with Crippen LogP contribution in [-0.2, 0) is 9.53 Å². The maximum absolute atomic E-state index is 11.2. The first-order chi connectivity index (χ1) is 7.71. The maximum atomic E-state index is 11.2. The molecule has 3 N–H and O–H groups in total. The predicted molar refractivity (Wildman–Crippen MR) is 62.8 cm³/mol. The van der Waals surface area contributed by atoms with Crippen molar-refractivity contribution in [3.05, 3.63) is 0 Å². The van der Waals surface area contributed by atoms with Crippen LogP contribution >= 0.6 is 11.8 Å². The van der Waals surface area contributed by atoms with E-state index in [1.165, 1.54) is 0 Å². The van der Waals surface area contributed by atoms with Crippen LogP contribution in [0.5, 0.6) is 0 Å². The molecular weight excluding hydrogens is 230 g/mol. The molecule has 0 saturated carbocycles. The molecule has 0 bridgehead atoms. The van der Waals surface area contributed by atoms with Crippen molar-refractivity contribution in [3.8, 4) is 0 Å². The van der Waals surface area contributed by atoms with Crippen LogP contribution in [0.1, 0.15) is 12.8 Å². The first kappa shape index (κ1) is 13.8. The molecule has 94 valence electrons. The van der Waals surface area contributed by atoms with Gasteiger partial charge in [-0.25, -0.2) is 0 Å². The zero-order valence-corrected chi connectivity index (χ0v) is 10.1. The third-order valence-corrected chi connectivity index (χ3v) is 3.87. The smallest absolute Gasteiger partial charge is 0.324 e. The van der Waals surface area contributed by atoms with E-state index >= 15 is 0 Å². The highest BCUT2D eigenvalue weighted by Gasteiger charge is 2.39. The Morgan fingerprint density at radius 2 is 2.31 bits per heavy atom. The van der Waals surface area contributed by atoms with E-state index in [4.69, 9.17) is 9.84 Å². The van der Waals surface area contributed by atoms with Crippen LogP contribution in [0.4, 0.5) is 0 Å². The average molecular weight is 249 g/mol. The van der Waals surface area contributed by atoms with Crippen molar-refractivity contribution >= 4 is 17.7 Å². The minimum atomic E-state index is -0.786. The van der Waals surface area contributed by atoms with Gasteiger partial charge in [0.2, 0.25) is 0 Å². The number of thioether (sulfide) groups is 1. The van der Waals surface area contributed by atoms with E-state index in [2.05, 4.69) is 5.32 Å². The molecule has 1 unspecified atom stereocenters. The van der Waals surface area contributed by atoms with Crippen LogP contribution in [0.2, 0.25) is 0 Å². The van der Waals surface area contributed by atoms with Gasteiger partial charge in [-0.2, -0.15) is 11.8 Å². The number of carboxylic acids is 1. The summed E-state index contributed by atoms with van der Waals surface area (Å²) in [5, 5.41) is 20.8. The Balaban J connectivity index is 2.30. The fourth-order valence-electron chi connectivity index (χ4n) is 1.71. The molecule has 1 fully saturated rings. The van der Waals surface area contributed by atoms with Gasteiger partial charge in [0.15, 0.2) is 0 Å². The van der Waals surface area contributed by atoms with Crippen LogP contribution < -0.4 is 5.32 Å². The lowest BCUT2D eigenvalue weighted by molar-refractivity contribution is -0.144. The van der Waals surface area contributed by atoms with Gasteiger partial charge >= 0.3 is 5.97 Å². The number of hydrogen-bond acceptors (Lipinski definition) is 5. The van der Waals surface area contributed by atoms with Gasteiger partial charge in [-0.05, 0) is 18.6 Å². The lowest BCUT2D eigenvalue weighted by Gasteiger charge is -2.33. The van der Waals surface area contributed by atoms with Gasteiger partial charge in [-0.15, -0.1) is 0 Å². The monoisotopic (exact) mass is 249 g/mol. The van der Waals surface area contributed by atoms with E-state index < -0.39 is 11.5 Å². The molecule has 1 aliphatic heterocycles. The second kappa shape index (κ2) is 7.11. The molecule has 6 heteroatoms. The molecule has 1 aliphatic rings. The lowest BCUT2D eigenvalue weighted by Crippen LogP contribution is -2.56. The van der Waals surface area contributed by atoms with Gasteiger partial charge in [-0.1, -0.05) is 0 Å². The van der Waals surface area contributed by atoms with E-state index in [0.717, 1.165) is 12.2 Å². The summed E-state index contributed by atoms with van der Waals surface area (Å²) in [5.41, 5.74) is -0.786. The lowest BCUT2D eigenvalue weighted by atomic mass is 9.95. The first-order valence-electron chi connectivity index (χ1n) is 5.46. The molecule has 16 heavy (non-hydrogen) atoms. The van der Waals surface area contributed by atoms with Crippen LogP contribution in [0.15, 0.2) is 0 Å². The van der Waals surface area contributed by atoms with E-state index in [1.807, 2.05) is 0 Å². The zero-order valence-electron chi connectivity index (χ0n) is 9.28. The minimum Gasteiger partial charge on any atom is -0.480 e. The summed E-state index contributed by atoms with van der Waals surface area (Å²) >= 11 is 1.67. The number of ether oxygens (including phenoxy) is 1. The van der Waals surface area contributed by atoms with Crippen molar-refractivity contribution in [2.45, 2.75) is 18.4 Å². The van der Waals surface area contributed by atoms with Crippen LogP contribution in [-0.4, -0.2) is 59.6 Å². The van der Waals surface area contributed by atoms with Gasteiger partial charge in [-0.3, -0.25) is 10.1 Å². The Hall–Kier alpha value is -0.300. The van der Waals surface area contributed by atoms with Crippen molar-refractivity contribution < 1.29 is 19.7 Å². The number of nitrogens with one attached hydrogen (secondary N) is 1. The largest absolute Gasteiger partial charge is 0.480 e. The van der Waals surface area contributed by atoms with Gasteiger partial charge < -0.3 is 14.9 Å². The Morgan fingerprint density at radius 1 is 1.50 bits per heavy atom. The molecule has 0 spiro atoms. The summed E-state index contributed by atoms with van der Waals surface area (Å²) in [6.07, 6.45) is 1.61. The first-order valence-corrected chi connectivity index (χ1v) is 6.61. The van der Waals surface area contributed by atoms with Crippen molar-refractivity contribution in [2.24, 2.45) is 0 Å². The highest BCUT2D eigenvalue weighted by Crippen LogP contribution is 2.26. The Labute approximate surface area is 99.6 Å². The normalized spacial score (nSPS) is 25.6. The van der Waals surface area contributed by atoms with Gasteiger partial charge in [0.1, 0.15) is 5.54 Å². The molecule has 1 atom stereocenters. The summed E-state index contributed by atoms with van der Waals surface area (Å²) < 4.78 is 5.09. The summed E-state index contributed by atoms with van der Waals surface area (Å²) in [4.78, 5) is 11.2. The molecule has 0 aromatic carbocycles. The highest BCUT2D eigenvalue weighted by atomic mass is 32.2. The predicted octanol–water partition coefficient (Wildman–Crippen LogP) is -0.0647. The molecule has 0 aliphatic carbocycles. The van der Waals surface area contributed by atoms with Crippen molar-refractivity contribution in [1.82, 2.24) is 5.32 Å². The van der Waals surface area contributed by atoms with Crippen LogP contribution in [0.3, 0.4) is 0 Å². The standard InChI is InChI=1S/C10H19NO4S/c12-4-6-15-5-3-11-10(9(13)14)2-1-7-16-8-10/h11-12H,1-8H2,(H,13,14). The molecule has 1 heterocycles. The number of carbonyl (C=O) groups is 1. The topological polar surface area (TPSA) is 78.8 Å². The summed E-state index contributed by atoms with van der Waals surface area (Å²) in [6.45, 7) is 1.24. The number of carboxylic acid groups (broad SMARTS) is 1. The third kappa shape index (κ3) is 3.93. The van der Waals surface area contributed by atoms with Crippen molar-refractivity contribution in [3.63, 3.8) is 0 Å². The quantitative estimate of drug-likeness (QED) is 0.548. The van der Waals surface area contributed by atoms with E-state index in [1.54, 1.807) is 11.8 Å². The molecule has 1 saturated heterocycles. The van der Waals surface area contributed by atoms with Crippen LogP contribution in [0, 0.1) is 0 Å². The summed E-state index contributed by atoms with van der Waals surface area (Å²) in [6, 6.07) is 0. The molecule has 5 nitrogen and oxygen atoms in total. The molecule has 0 aromatic rings. The third-order valence-electron chi connectivity index (χ3n) is 2.60. The average Bonchev–Trinajstić information content (AvgIpc) is 2.30. The van der Waals surface area contributed by atoms with Gasteiger partial charge in [0, 0.05) is 12.3 Å². The van der Waals surface area contributed by atoms with E-state index in [-0.39, 0.29) is 6.61 Å². The summed E-state index contributed by atoms with van der Waals surface area (Å²) in [7, 11) is 0. The van der Waals surface area contributed by atoms with E-state index in [0.29, 0.717) is 31.9 Å². The summed E-state index contributed by atoms with van der Waals surface area (Å²) in [5.74, 6) is 0.877. The highest BCUT2D eigenvalue weighted by molar-refractivity contribution is 7.99. The van der Waals surface area contributed by atoms with Crippen molar-refractivity contribution in [1.29, 1.82) is 0 Å². The molecular formula is C10H19NO4S. The number of aliphatic carboxylic acids is 1. The minimum absolute atomic E-state index is 0.0000741. The Kier molecular flexibility index (Phi) is 6.12. The van der Waals surface area contributed by atoms with Crippen LogP contribution in [0.25, 0.3) is 0 Å². The second-order valence-corrected chi connectivity index (χ2v) is 4.91. The fourth-order valence-corrected chi connectivity index (χ4v) is 2.92. The van der Waals surface area contributed by atoms with Gasteiger partial charge in [0.25, 0.3) is 0 Å². The van der Waals surface area contributed by atoms with Gasteiger partial charge in [0.05, 0.1) is 19.8 Å². The molecule has 0 radical (unpaired) electrons.